The minimum absolute atomic E-state index is 0.360. The first-order chi connectivity index (χ1) is 6.11. The minimum Gasteiger partial charge on any atom is -0.245 e. The zero-order valence-electron chi connectivity index (χ0n) is 9.12. The lowest BCUT2D eigenvalue weighted by molar-refractivity contribution is 0.753. The highest BCUT2D eigenvalue weighted by atomic mass is 14.9. The van der Waals surface area contributed by atoms with E-state index in [9.17, 15) is 0 Å². The fourth-order valence-corrected chi connectivity index (χ4v) is 0.734. The first-order valence-electron chi connectivity index (χ1n) is 4.84. The molecule has 1 atom stereocenters. The molecule has 0 rings (SSSR count). The number of aliphatic imine (C=N–C) groups is 2. The van der Waals surface area contributed by atoms with Crippen LogP contribution in [0.4, 0.5) is 0 Å². The molecule has 1 unspecified atom stereocenters. The molecule has 0 aliphatic heterocycles. The maximum Gasteiger partial charge on any atom is 0.130 e. The molecule has 0 aromatic rings. The van der Waals surface area contributed by atoms with Crippen molar-refractivity contribution < 1.29 is 0 Å². The zero-order chi connectivity index (χ0) is 10.3. The molecule has 2 heteroatoms. The van der Waals surface area contributed by atoms with E-state index in [1.54, 1.807) is 6.20 Å². The van der Waals surface area contributed by atoms with Gasteiger partial charge in [-0.15, -0.1) is 0 Å². The Kier molecular flexibility index (Phi) is 6.11. The van der Waals surface area contributed by atoms with E-state index < -0.39 is 0 Å². The highest BCUT2D eigenvalue weighted by Crippen LogP contribution is 2.01. The van der Waals surface area contributed by atoms with Crippen molar-refractivity contribution in [3.63, 3.8) is 0 Å². The first-order valence-corrected chi connectivity index (χ1v) is 4.84. The van der Waals surface area contributed by atoms with E-state index in [4.69, 9.17) is 0 Å². The monoisotopic (exact) mass is 180 g/mol. The van der Waals surface area contributed by atoms with Crippen LogP contribution in [0.3, 0.4) is 0 Å². The number of nitrogens with zero attached hydrogens (tertiary/aromatic N) is 2. The summed E-state index contributed by atoms with van der Waals surface area (Å²) in [6, 6.07) is 0. The second-order valence-corrected chi connectivity index (χ2v) is 3.49. The Bertz CT molecular complexity index is 202. The summed E-state index contributed by atoms with van der Waals surface area (Å²) in [4.78, 5) is 8.45. The van der Waals surface area contributed by atoms with E-state index >= 15 is 0 Å². The second-order valence-electron chi connectivity index (χ2n) is 3.49. The number of rotatable bonds is 4. The van der Waals surface area contributed by atoms with Gasteiger partial charge < -0.3 is 0 Å². The quantitative estimate of drug-likeness (QED) is 0.468. The molecule has 0 spiro atoms. The molecule has 0 fully saturated rings. The Morgan fingerprint density at radius 2 is 2.00 bits per heavy atom. The van der Waals surface area contributed by atoms with Crippen molar-refractivity contribution in [3.8, 4) is 0 Å². The Balaban J connectivity index is 4.34. The largest absolute Gasteiger partial charge is 0.245 e. The van der Waals surface area contributed by atoms with E-state index in [2.05, 4.69) is 44.3 Å². The molecule has 0 bridgehead atoms. The van der Waals surface area contributed by atoms with Crippen molar-refractivity contribution >= 4 is 12.1 Å². The van der Waals surface area contributed by atoms with Gasteiger partial charge in [0, 0.05) is 18.3 Å². The summed E-state index contributed by atoms with van der Waals surface area (Å²) in [5.74, 6) is 1.74. The molecule has 0 amide bonds. The SMILES string of the molecule is C=CN=C(N=CC(C)CC)C(C)C. The van der Waals surface area contributed by atoms with Crippen LogP contribution in [0.2, 0.25) is 0 Å². The molecule has 74 valence electrons. The highest BCUT2D eigenvalue weighted by molar-refractivity contribution is 5.91. The molecule has 0 aliphatic rings. The van der Waals surface area contributed by atoms with Crippen molar-refractivity contribution in [1.29, 1.82) is 0 Å². The summed E-state index contributed by atoms with van der Waals surface area (Å²) in [5.41, 5.74) is 0. The van der Waals surface area contributed by atoms with Gasteiger partial charge >= 0.3 is 0 Å². The average molecular weight is 180 g/mol. The van der Waals surface area contributed by atoms with Gasteiger partial charge in [0.1, 0.15) is 5.84 Å². The molecule has 0 aromatic carbocycles. The lowest BCUT2D eigenvalue weighted by Gasteiger charge is -2.04. The van der Waals surface area contributed by atoms with E-state index in [1.807, 2.05) is 6.21 Å². The van der Waals surface area contributed by atoms with Crippen LogP contribution >= 0.6 is 0 Å². The van der Waals surface area contributed by atoms with Gasteiger partial charge in [0.2, 0.25) is 0 Å². The summed E-state index contributed by atoms with van der Waals surface area (Å²) in [6.45, 7) is 12.0. The molecule has 0 N–H and O–H groups in total. The van der Waals surface area contributed by atoms with Crippen LogP contribution in [0.15, 0.2) is 22.8 Å². The van der Waals surface area contributed by atoms with Gasteiger partial charge in [-0.05, 0) is 12.3 Å². The van der Waals surface area contributed by atoms with Crippen LogP contribution in [0, 0.1) is 11.8 Å². The van der Waals surface area contributed by atoms with E-state index in [0.717, 1.165) is 12.3 Å². The van der Waals surface area contributed by atoms with Gasteiger partial charge in [0.05, 0.1) is 0 Å². The number of amidine groups is 1. The summed E-state index contributed by atoms with van der Waals surface area (Å²) in [7, 11) is 0. The number of hydrogen-bond acceptors (Lipinski definition) is 1. The Morgan fingerprint density at radius 3 is 2.38 bits per heavy atom. The summed E-state index contributed by atoms with van der Waals surface area (Å²) >= 11 is 0. The van der Waals surface area contributed by atoms with Crippen LogP contribution in [0.1, 0.15) is 34.1 Å². The topological polar surface area (TPSA) is 24.7 Å². The molecule has 0 radical (unpaired) electrons. The fraction of sp³-hybridized carbons (Fsp3) is 0.636. The molecule has 0 aromatic heterocycles. The second kappa shape index (κ2) is 6.58. The third-order valence-electron chi connectivity index (χ3n) is 1.85. The zero-order valence-corrected chi connectivity index (χ0v) is 9.12. The lowest BCUT2D eigenvalue weighted by atomic mass is 10.1. The normalized spacial score (nSPS) is 15.3. The van der Waals surface area contributed by atoms with Crippen LogP contribution in [0.5, 0.6) is 0 Å². The highest BCUT2D eigenvalue weighted by Gasteiger charge is 2.01. The molecular formula is C11H20N2. The van der Waals surface area contributed by atoms with Crippen molar-refractivity contribution in [1.82, 2.24) is 0 Å². The predicted octanol–water partition coefficient (Wildman–Crippen LogP) is 3.30. The van der Waals surface area contributed by atoms with Gasteiger partial charge in [-0.25, -0.2) is 9.98 Å². The average Bonchev–Trinajstić information content (AvgIpc) is 2.11. The number of hydrogen-bond donors (Lipinski definition) is 0. The van der Waals surface area contributed by atoms with Crippen molar-refractivity contribution in [3.05, 3.63) is 12.8 Å². The van der Waals surface area contributed by atoms with E-state index in [-0.39, 0.29) is 0 Å². The van der Waals surface area contributed by atoms with Crippen LogP contribution in [-0.4, -0.2) is 12.1 Å². The Labute approximate surface area is 81.5 Å². The van der Waals surface area contributed by atoms with Crippen LogP contribution < -0.4 is 0 Å². The van der Waals surface area contributed by atoms with E-state index in [1.165, 1.54) is 0 Å². The standard InChI is InChI=1S/C11H20N2/c1-6-10(5)8-13-11(9(3)4)12-7-2/h7-10H,2,6H2,1,3-5H3. The minimum atomic E-state index is 0.360. The Hall–Kier alpha value is -0.920. The van der Waals surface area contributed by atoms with Crippen LogP contribution in [-0.2, 0) is 0 Å². The summed E-state index contributed by atoms with van der Waals surface area (Å²) in [6.07, 6.45) is 4.62. The lowest BCUT2D eigenvalue weighted by Crippen LogP contribution is -2.05. The van der Waals surface area contributed by atoms with Gasteiger partial charge in [-0.3, -0.25) is 0 Å². The molecular weight excluding hydrogens is 160 g/mol. The third kappa shape index (κ3) is 5.34. The maximum absolute atomic E-state index is 4.34. The molecule has 0 heterocycles. The van der Waals surface area contributed by atoms with Crippen LogP contribution in [0.25, 0.3) is 0 Å². The van der Waals surface area contributed by atoms with Crippen molar-refractivity contribution in [2.75, 3.05) is 0 Å². The van der Waals surface area contributed by atoms with Crippen molar-refractivity contribution in [2.45, 2.75) is 34.1 Å². The van der Waals surface area contributed by atoms with Gasteiger partial charge in [-0.1, -0.05) is 34.3 Å². The smallest absolute Gasteiger partial charge is 0.130 e. The molecule has 0 aliphatic carbocycles. The van der Waals surface area contributed by atoms with Gasteiger partial charge in [0.15, 0.2) is 0 Å². The fourth-order valence-electron chi connectivity index (χ4n) is 0.734. The summed E-state index contributed by atoms with van der Waals surface area (Å²) in [5, 5.41) is 0. The first kappa shape index (κ1) is 12.1. The third-order valence-corrected chi connectivity index (χ3v) is 1.85. The molecule has 0 saturated carbocycles. The Morgan fingerprint density at radius 1 is 1.38 bits per heavy atom. The van der Waals surface area contributed by atoms with Gasteiger partial charge in [0.25, 0.3) is 0 Å². The molecule has 2 nitrogen and oxygen atoms in total. The maximum atomic E-state index is 4.34. The molecule has 13 heavy (non-hydrogen) atoms. The molecule has 0 saturated heterocycles. The summed E-state index contributed by atoms with van der Waals surface area (Å²) < 4.78 is 0. The van der Waals surface area contributed by atoms with E-state index in [0.29, 0.717) is 11.8 Å². The van der Waals surface area contributed by atoms with Crippen molar-refractivity contribution in [2.24, 2.45) is 21.8 Å². The predicted molar refractivity (Wildman–Crippen MR) is 60.4 cm³/mol. The van der Waals surface area contributed by atoms with Gasteiger partial charge in [-0.2, -0.15) is 0 Å².